The lowest BCUT2D eigenvalue weighted by Gasteiger charge is -2.30. The number of aromatic amines is 1. The number of likely N-dealkylation sites (N-methyl/N-ethyl adjacent to an activating group) is 1. The summed E-state index contributed by atoms with van der Waals surface area (Å²) >= 11 is 0. The molecule has 2 aliphatic rings. The Morgan fingerprint density at radius 3 is 3.00 bits per heavy atom. The Morgan fingerprint density at radius 2 is 2.19 bits per heavy atom. The van der Waals surface area contributed by atoms with Gasteiger partial charge in [0.05, 0.1) is 42.5 Å². The summed E-state index contributed by atoms with van der Waals surface area (Å²) < 4.78 is 45.6. The van der Waals surface area contributed by atoms with Gasteiger partial charge in [0.25, 0.3) is 5.91 Å². The first-order valence-corrected chi connectivity index (χ1v) is 11.6. The summed E-state index contributed by atoms with van der Waals surface area (Å²) in [4.78, 5) is 22.6. The number of benzene rings is 1. The van der Waals surface area contributed by atoms with Crippen LogP contribution in [0.15, 0.2) is 30.6 Å². The molecule has 1 aromatic carbocycles. The van der Waals surface area contributed by atoms with Crippen LogP contribution in [0.1, 0.15) is 16.1 Å². The standard InChI is InChI=1S/C25H27F2N5O4/c1-32-7-8-35-15(12-32)13-36-20-11-28-5-3-16(20)22-23(21-18(30-22)4-6-29-25(21)33)31-19-10-14(26)9-17(27)24(19)34-2/h3,5,9-11,15,30-31H,4,6-8,12-13H2,1-2H3,(H,29,33)/t15-/m0/s1. The quantitative estimate of drug-likeness (QED) is 0.459. The highest BCUT2D eigenvalue weighted by Crippen LogP contribution is 2.42. The van der Waals surface area contributed by atoms with Crippen LogP contribution in [-0.2, 0) is 11.2 Å². The summed E-state index contributed by atoms with van der Waals surface area (Å²) in [6.07, 6.45) is 3.66. The van der Waals surface area contributed by atoms with Crippen molar-refractivity contribution in [2.24, 2.45) is 0 Å². The predicted molar refractivity (Wildman–Crippen MR) is 129 cm³/mol. The highest BCUT2D eigenvalue weighted by molar-refractivity contribution is 6.06. The lowest BCUT2D eigenvalue weighted by atomic mass is 10.0. The predicted octanol–water partition coefficient (Wildman–Crippen LogP) is 3.10. The Labute approximate surface area is 206 Å². The Hall–Kier alpha value is -3.70. The van der Waals surface area contributed by atoms with Crippen molar-refractivity contribution in [2.75, 3.05) is 52.3 Å². The van der Waals surface area contributed by atoms with Crippen molar-refractivity contribution in [3.63, 3.8) is 0 Å². The van der Waals surface area contributed by atoms with Crippen molar-refractivity contribution in [1.29, 1.82) is 0 Å². The van der Waals surface area contributed by atoms with Crippen LogP contribution >= 0.6 is 0 Å². The Bertz CT molecular complexity index is 1280. The molecule has 11 heteroatoms. The number of halogens is 2. The summed E-state index contributed by atoms with van der Waals surface area (Å²) in [6.45, 7) is 3.02. The SMILES string of the molecule is COc1c(F)cc(F)cc1Nc1c(-c2ccncc2OC[C@@H]2CN(C)CCO2)[nH]c2c1C(=O)NCC2. The molecule has 0 bridgehead atoms. The van der Waals surface area contributed by atoms with Gasteiger partial charge in [0.15, 0.2) is 11.6 Å². The van der Waals surface area contributed by atoms with Gasteiger partial charge in [-0.25, -0.2) is 8.78 Å². The zero-order valence-electron chi connectivity index (χ0n) is 20.0. The van der Waals surface area contributed by atoms with Gasteiger partial charge in [-0.3, -0.25) is 9.78 Å². The molecule has 5 rings (SSSR count). The number of carbonyl (C=O) groups is 1. The maximum Gasteiger partial charge on any atom is 0.255 e. The van der Waals surface area contributed by atoms with Crippen molar-refractivity contribution in [3.05, 3.63) is 53.5 Å². The topological polar surface area (TPSA) is 101 Å². The van der Waals surface area contributed by atoms with Gasteiger partial charge in [-0.2, -0.15) is 0 Å². The number of carbonyl (C=O) groups excluding carboxylic acids is 1. The van der Waals surface area contributed by atoms with Gasteiger partial charge in [0, 0.05) is 55.6 Å². The van der Waals surface area contributed by atoms with E-state index in [1.54, 1.807) is 18.5 Å². The summed E-state index contributed by atoms with van der Waals surface area (Å²) in [5.74, 6) is -1.63. The van der Waals surface area contributed by atoms with E-state index in [1.807, 2.05) is 7.05 Å². The van der Waals surface area contributed by atoms with Gasteiger partial charge in [0.1, 0.15) is 24.3 Å². The molecule has 2 aliphatic heterocycles. The first-order valence-electron chi connectivity index (χ1n) is 11.6. The van der Waals surface area contributed by atoms with E-state index >= 15 is 0 Å². The molecule has 1 atom stereocenters. The van der Waals surface area contributed by atoms with E-state index in [-0.39, 0.29) is 23.4 Å². The molecule has 9 nitrogen and oxygen atoms in total. The Kier molecular flexibility index (Phi) is 6.75. The number of nitrogens with zero attached hydrogens (tertiary/aromatic N) is 2. The number of rotatable bonds is 7. The van der Waals surface area contributed by atoms with Crippen molar-refractivity contribution in [3.8, 4) is 22.8 Å². The third-order valence-corrected chi connectivity index (χ3v) is 6.26. The number of morpholine rings is 1. The average molecular weight is 500 g/mol. The van der Waals surface area contributed by atoms with Gasteiger partial charge in [-0.15, -0.1) is 0 Å². The number of pyridine rings is 1. The molecule has 0 saturated carbocycles. The number of anilines is 2. The molecule has 1 fully saturated rings. The zero-order valence-corrected chi connectivity index (χ0v) is 20.0. The van der Waals surface area contributed by atoms with Crippen LogP contribution in [0.5, 0.6) is 11.5 Å². The van der Waals surface area contributed by atoms with Crippen LogP contribution < -0.4 is 20.1 Å². The molecule has 0 radical (unpaired) electrons. The minimum atomic E-state index is -0.860. The van der Waals surface area contributed by atoms with Gasteiger partial charge < -0.3 is 34.7 Å². The molecule has 3 N–H and O–H groups in total. The Morgan fingerprint density at radius 1 is 1.33 bits per heavy atom. The van der Waals surface area contributed by atoms with E-state index < -0.39 is 11.6 Å². The van der Waals surface area contributed by atoms with Gasteiger partial charge >= 0.3 is 0 Å². The normalized spacial score (nSPS) is 17.9. The van der Waals surface area contributed by atoms with Crippen LogP contribution in [0.3, 0.4) is 0 Å². The summed E-state index contributed by atoms with van der Waals surface area (Å²) in [5, 5.41) is 5.87. The summed E-state index contributed by atoms with van der Waals surface area (Å²) in [6, 6.07) is 3.61. The highest BCUT2D eigenvalue weighted by atomic mass is 19.1. The minimum Gasteiger partial charge on any atom is -0.492 e. The number of aromatic nitrogens is 2. The van der Waals surface area contributed by atoms with Gasteiger partial charge in [-0.05, 0) is 13.1 Å². The molecule has 1 saturated heterocycles. The van der Waals surface area contributed by atoms with Crippen LogP contribution in [0.2, 0.25) is 0 Å². The van der Waals surface area contributed by atoms with Gasteiger partial charge in [0.2, 0.25) is 0 Å². The molecule has 36 heavy (non-hydrogen) atoms. The average Bonchev–Trinajstić information content (AvgIpc) is 3.22. The van der Waals surface area contributed by atoms with E-state index in [1.165, 1.54) is 7.11 Å². The lowest BCUT2D eigenvalue weighted by Crippen LogP contribution is -2.42. The van der Waals surface area contributed by atoms with Crippen molar-refractivity contribution < 1.29 is 27.8 Å². The van der Waals surface area contributed by atoms with E-state index in [9.17, 15) is 13.6 Å². The van der Waals surface area contributed by atoms with Gasteiger partial charge in [-0.1, -0.05) is 0 Å². The molecule has 0 unspecified atom stereocenters. The summed E-state index contributed by atoms with van der Waals surface area (Å²) in [5.41, 5.74) is 2.63. The number of hydrogen-bond donors (Lipinski definition) is 3. The number of methoxy groups -OCH3 is 1. The van der Waals surface area contributed by atoms with Crippen LogP contribution in [0.25, 0.3) is 11.3 Å². The van der Waals surface area contributed by atoms with E-state index in [0.717, 1.165) is 25.2 Å². The minimum absolute atomic E-state index is 0.0478. The van der Waals surface area contributed by atoms with Crippen molar-refractivity contribution >= 4 is 17.3 Å². The number of amides is 1. The first-order chi connectivity index (χ1) is 17.4. The molecule has 1 amide bonds. The lowest BCUT2D eigenvalue weighted by molar-refractivity contribution is -0.0403. The number of hydrogen-bond acceptors (Lipinski definition) is 7. The van der Waals surface area contributed by atoms with Crippen LogP contribution in [-0.4, -0.2) is 73.9 Å². The smallest absolute Gasteiger partial charge is 0.255 e. The second kappa shape index (κ2) is 10.1. The largest absolute Gasteiger partial charge is 0.492 e. The number of fused-ring (bicyclic) bond motifs is 1. The second-order valence-corrected chi connectivity index (χ2v) is 8.77. The molecule has 4 heterocycles. The van der Waals surface area contributed by atoms with Crippen molar-refractivity contribution in [1.82, 2.24) is 20.2 Å². The molecule has 0 spiro atoms. The zero-order chi connectivity index (χ0) is 25.2. The molecule has 190 valence electrons. The third-order valence-electron chi connectivity index (χ3n) is 6.26. The number of ether oxygens (including phenoxy) is 3. The molecular formula is C25H27F2N5O4. The summed E-state index contributed by atoms with van der Waals surface area (Å²) in [7, 11) is 3.32. The van der Waals surface area contributed by atoms with Crippen molar-refractivity contribution in [2.45, 2.75) is 12.5 Å². The van der Waals surface area contributed by atoms with E-state index in [2.05, 4.69) is 25.5 Å². The first kappa shape index (κ1) is 24.0. The van der Waals surface area contributed by atoms with Crippen LogP contribution in [0.4, 0.5) is 20.2 Å². The van der Waals surface area contributed by atoms with E-state index in [0.29, 0.717) is 60.1 Å². The fourth-order valence-electron chi connectivity index (χ4n) is 4.55. The maximum atomic E-state index is 14.4. The fraction of sp³-hybridized carbons (Fsp3) is 0.360. The fourth-order valence-corrected chi connectivity index (χ4v) is 4.55. The van der Waals surface area contributed by atoms with E-state index in [4.69, 9.17) is 14.2 Å². The molecule has 0 aliphatic carbocycles. The molecule has 3 aromatic rings. The third kappa shape index (κ3) is 4.71. The van der Waals surface area contributed by atoms with Crippen LogP contribution in [0, 0.1) is 11.6 Å². The number of H-pyrrole nitrogens is 1. The monoisotopic (exact) mass is 499 g/mol. The highest BCUT2D eigenvalue weighted by Gasteiger charge is 2.29. The second-order valence-electron chi connectivity index (χ2n) is 8.77. The Balaban J connectivity index is 1.55. The number of nitrogens with one attached hydrogen (secondary N) is 3. The molecule has 2 aromatic heterocycles. The molecular weight excluding hydrogens is 472 g/mol. The maximum absolute atomic E-state index is 14.4.